The lowest BCUT2D eigenvalue weighted by Crippen LogP contribution is -2.41. The Labute approximate surface area is 163 Å². The second kappa shape index (κ2) is 10.7. The van der Waals surface area contributed by atoms with Crippen molar-refractivity contribution in [2.75, 3.05) is 33.2 Å². The number of nitrogens with one attached hydrogen (secondary N) is 2. The second-order valence-corrected chi connectivity index (χ2v) is 8.02. The molecule has 1 saturated carbocycles. The summed E-state index contributed by atoms with van der Waals surface area (Å²) in [6, 6.07) is 8.10. The van der Waals surface area contributed by atoms with Crippen molar-refractivity contribution >= 4 is 5.91 Å². The molecular formula is C22H35N3O2. The average molecular weight is 374 g/mol. The highest BCUT2D eigenvalue weighted by molar-refractivity contribution is 5.78. The van der Waals surface area contributed by atoms with Gasteiger partial charge in [0, 0.05) is 12.1 Å². The van der Waals surface area contributed by atoms with Gasteiger partial charge in [-0.1, -0.05) is 18.2 Å². The zero-order valence-electron chi connectivity index (χ0n) is 16.7. The first-order valence-corrected chi connectivity index (χ1v) is 10.6. The number of ether oxygens (including phenoxy) is 1. The number of hydrogen-bond acceptors (Lipinski definition) is 4. The van der Waals surface area contributed by atoms with Gasteiger partial charge in [-0.25, -0.2) is 0 Å². The zero-order chi connectivity index (χ0) is 18.9. The Bertz CT molecular complexity index is 579. The molecule has 2 N–H and O–H groups in total. The number of rotatable bonds is 9. The molecule has 0 spiro atoms. The van der Waals surface area contributed by atoms with Crippen LogP contribution in [0, 0.1) is 5.92 Å². The first kappa shape index (κ1) is 20.2. The van der Waals surface area contributed by atoms with Gasteiger partial charge in [0.15, 0.2) is 0 Å². The van der Waals surface area contributed by atoms with Gasteiger partial charge in [0.25, 0.3) is 0 Å². The number of nitrogens with zero attached hydrogens (tertiary/aromatic N) is 1. The van der Waals surface area contributed by atoms with Crippen molar-refractivity contribution in [3.8, 4) is 5.75 Å². The maximum Gasteiger partial charge on any atom is 0.234 e. The molecular weight excluding hydrogens is 338 g/mol. The molecule has 0 unspecified atom stereocenters. The van der Waals surface area contributed by atoms with Crippen LogP contribution < -0.4 is 15.4 Å². The summed E-state index contributed by atoms with van der Waals surface area (Å²) < 4.78 is 6.17. The van der Waals surface area contributed by atoms with Crippen molar-refractivity contribution in [3.63, 3.8) is 0 Å². The Morgan fingerprint density at radius 2 is 1.89 bits per heavy atom. The topological polar surface area (TPSA) is 53.6 Å². The molecule has 5 heteroatoms. The van der Waals surface area contributed by atoms with Crippen molar-refractivity contribution in [2.45, 2.75) is 57.6 Å². The lowest BCUT2D eigenvalue weighted by Gasteiger charge is -2.31. The molecule has 0 radical (unpaired) electrons. The van der Waals surface area contributed by atoms with E-state index in [0.29, 0.717) is 19.2 Å². The van der Waals surface area contributed by atoms with Crippen molar-refractivity contribution in [3.05, 3.63) is 29.8 Å². The van der Waals surface area contributed by atoms with E-state index in [4.69, 9.17) is 4.74 Å². The molecule has 2 aliphatic rings. The van der Waals surface area contributed by atoms with Gasteiger partial charge >= 0.3 is 0 Å². The molecule has 0 atom stereocenters. The fourth-order valence-corrected chi connectivity index (χ4v) is 4.19. The largest absolute Gasteiger partial charge is 0.490 e. The minimum atomic E-state index is 0.111. The molecule has 5 nitrogen and oxygen atoms in total. The summed E-state index contributed by atoms with van der Waals surface area (Å²) in [5.74, 6) is 1.84. The van der Waals surface area contributed by atoms with Crippen molar-refractivity contribution in [1.29, 1.82) is 0 Å². The molecule has 1 aromatic rings. The molecule has 27 heavy (non-hydrogen) atoms. The highest BCUT2D eigenvalue weighted by Gasteiger charge is 2.21. The third-order valence-electron chi connectivity index (χ3n) is 5.92. The standard InChI is InChI=1S/C22H35N3O2/c1-23-13-10-18-11-14-25(15-12-18)17-22(26)24-16-19-6-2-5-9-21(19)27-20-7-3-4-8-20/h2,5-6,9,18,20,23H,3-4,7-8,10-17H2,1H3,(H,24,26). The van der Waals surface area contributed by atoms with Crippen LogP contribution in [0.3, 0.4) is 0 Å². The predicted octanol–water partition coefficient (Wildman–Crippen LogP) is 2.95. The van der Waals surface area contributed by atoms with Gasteiger partial charge in [-0.05, 0) is 83.6 Å². The third kappa shape index (κ3) is 6.51. The minimum absolute atomic E-state index is 0.111. The first-order chi connectivity index (χ1) is 13.2. The van der Waals surface area contributed by atoms with E-state index >= 15 is 0 Å². The Kier molecular flexibility index (Phi) is 7.96. The summed E-state index contributed by atoms with van der Waals surface area (Å²) in [5.41, 5.74) is 1.07. The van der Waals surface area contributed by atoms with Gasteiger partial charge < -0.3 is 15.4 Å². The molecule has 1 heterocycles. The monoisotopic (exact) mass is 373 g/mol. The van der Waals surface area contributed by atoms with Crippen LogP contribution in [0.4, 0.5) is 0 Å². The number of amides is 1. The molecule has 0 aromatic heterocycles. The van der Waals surface area contributed by atoms with E-state index in [0.717, 1.165) is 49.7 Å². The van der Waals surface area contributed by atoms with Crippen molar-refractivity contribution in [1.82, 2.24) is 15.5 Å². The molecule has 150 valence electrons. The maximum absolute atomic E-state index is 12.4. The zero-order valence-corrected chi connectivity index (χ0v) is 16.7. The normalized spacial score (nSPS) is 19.3. The number of para-hydroxylation sites is 1. The van der Waals surface area contributed by atoms with Gasteiger partial charge in [0.2, 0.25) is 5.91 Å². The Hall–Kier alpha value is -1.59. The molecule has 3 rings (SSSR count). The van der Waals surface area contributed by atoms with E-state index in [1.807, 2.05) is 25.2 Å². The highest BCUT2D eigenvalue weighted by Crippen LogP contribution is 2.26. The van der Waals surface area contributed by atoms with Crippen LogP contribution >= 0.6 is 0 Å². The minimum Gasteiger partial charge on any atom is -0.490 e. The number of carbonyl (C=O) groups is 1. The molecule has 1 aliphatic carbocycles. The summed E-state index contributed by atoms with van der Waals surface area (Å²) in [4.78, 5) is 14.7. The number of carbonyl (C=O) groups excluding carboxylic acids is 1. The maximum atomic E-state index is 12.4. The van der Waals surface area contributed by atoms with Crippen LogP contribution in [-0.4, -0.2) is 50.1 Å². The number of hydrogen-bond donors (Lipinski definition) is 2. The van der Waals surface area contributed by atoms with Crippen molar-refractivity contribution in [2.24, 2.45) is 5.92 Å². The molecule has 1 amide bonds. The van der Waals surface area contributed by atoms with Crippen LogP contribution in [0.2, 0.25) is 0 Å². The summed E-state index contributed by atoms with van der Waals surface area (Å²) in [6.07, 6.45) is 8.79. The van der Waals surface area contributed by atoms with Gasteiger partial charge in [0.05, 0.1) is 12.6 Å². The number of benzene rings is 1. The third-order valence-corrected chi connectivity index (χ3v) is 5.92. The van der Waals surface area contributed by atoms with Crippen LogP contribution in [-0.2, 0) is 11.3 Å². The predicted molar refractivity (Wildman–Crippen MR) is 109 cm³/mol. The first-order valence-electron chi connectivity index (χ1n) is 10.6. The summed E-state index contributed by atoms with van der Waals surface area (Å²) in [5, 5.41) is 6.32. The van der Waals surface area contributed by atoms with Gasteiger partial charge in [-0.15, -0.1) is 0 Å². The van der Waals surface area contributed by atoms with E-state index < -0.39 is 0 Å². The Balaban J connectivity index is 1.40. The molecule has 1 saturated heterocycles. The van der Waals surface area contributed by atoms with E-state index in [2.05, 4.69) is 21.6 Å². The van der Waals surface area contributed by atoms with Crippen LogP contribution in [0.25, 0.3) is 0 Å². The fraction of sp³-hybridized carbons (Fsp3) is 0.682. The quantitative estimate of drug-likeness (QED) is 0.699. The lowest BCUT2D eigenvalue weighted by atomic mass is 9.93. The summed E-state index contributed by atoms with van der Waals surface area (Å²) in [6.45, 7) is 4.20. The van der Waals surface area contributed by atoms with Gasteiger partial charge in [0.1, 0.15) is 5.75 Å². The smallest absolute Gasteiger partial charge is 0.234 e. The van der Waals surface area contributed by atoms with Crippen LogP contribution in [0.15, 0.2) is 24.3 Å². The average Bonchev–Trinajstić information content (AvgIpc) is 3.20. The lowest BCUT2D eigenvalue weighted by molar-refractivity contribution is -0.122. The van der Waals surface area contributed by atoms with E-state index in [1.54, 1.807) is 0 Å². The fourth-order valence-electron chi connectivity index (χ4n) is 4.19. The van der Waals surface area contributed by atoms with Crippen LogP contribution in [0.1, 0.15) is 50.5 Å². The number of piperidine rings is 1. The second-order valence-electron chi connectivity index (χ2n) is 8.02. The van der Waals surface area contributed by atoms with Crippen molar-refractivity contribution < 1.29 is 9.53 Å². The Morgan fingerprint density at radius 3 is 2.63 bits per heavy atom. The Morgan fingerprint density at radius 1 is 1.15 bits per heavy atom. The SMILES string of the molecule is CNCCC1CCN(CC(=O)NCc2ccccc2OC2CCCC2)CC1. The molecule has 0 bridgehead atoms. The summed E-state index contributed by atoms with van der Waals surface area (Å²) >= 11 is 0. The van der Waals surface area contributed by atoms with Gasteiger partial charge in [-0.2, -0.15) is 0 Å². The van der Waals surface area contributed by atoms with E-state index in [1.165, 1.54) is 32.1 Å². The highest BCUT2D eigenvalue weighted by atomic mass is 16.5. The molecule has 1 aliphatic heterocycles. The summed E-state index contributed by atoms with van der Waals surface area (Å²) in [7, 11) is 2.01. The van der Waals surface area contributed by atoms with E-state index in [-0.39, 0.29) is 5.91 Å². The van der Waals surface area contributed by atoms with E-state index in [9.17, 15) is 4.79 Å². The number of likely N-dealkylation sites (tertiary alicyclic amines) is 1. The van der Waals surface area contributed by atoms with Gasteiger partial charge in [-0.3, -0.25) is 9.69 Å². The molecule has 2 fully saturated rings. The van der Waals surface area contributed by atoms with Crippen LogP contribution in [0.5, 0.6) is 5.75 Å². The molecule has 1 aromatic carbocycles.